The van der Waals surface area contributed by atoms with E-state index in [0.717, 1.165) is 26.2 Å². The number of hydrogen-bond donors (Lipinski definition) is 1. The fraction of sp³-hybridized carbons (Fsp3) is 0.138. The molecule has 0 amide bonds. The van der Waals surface area contributed by atoms with E-state index in [-0.39, 0.29) is 0 Å². The van der Waals surface area contributed by atoms with Crippen LogP contribution in [0, 0.1) is 0 Å². The van der Waals surface area contributed by atoms with Gasteiger partial charge in [0.2, 0.25) is 0 Å². The van der Waals surface area contributed by atoms with E-state index >= 15 is 0 Å². The highest BCUT2D eigenvalue weighted by molar-refractivity contribution is 9.10. The van der Waals surface area contributed by atoms with Crippen LogP contribution < -0.4 is 5.73 Å². The van der Waals surface area contributed by atoms with Crippen LogP contribution in [0.3, 0.4) is 0 Å². The number of amidine groups is 1. The molecule has 0 spiro atoms. The van der Waals surface area contributed by atoms with E-state index in [4.69, 9.17) is 5.73 Å². The Bertz CT molecular complexity index is 1250. The molecule has 0 radical (unpaired) electrons. The van der Waals surface area contributed by atoms with Crippen molar-refractivity contribution in [2.45, 2.75) is 28.6 Å². The van der Waals surface area contributed by atoms with Crippen molar-refractivity contribution >= 4 is 44.9 Å². The molecule has 4 aromatic carbocycles. The van der Waals surface area contributed by atoms with Gasteiger partial charge in [0.05, 0.1) is 34.9 Å². The van der Waals surface area contributed by atoms with Crippen molar-refractivity contribution in [2.75, 3.05) is 7.05 Å². The first kappa shape index (κ1) is 26.5. The number of halogens is 1. The Morgan fingerprint density at radius 1 is 0.833 bits per heavy atom. The maximum absolute atomic E-state index is 14.5. The van der Waals surface area contributed by atoms with E-state index in [1.165, 1.54) is 5.56 Å². The Morgan fingerprint density at radius 3 is 1.83 bits per heavy atom. The van der Waals surface area contributed by atoms with Crippen LogP contribution >= 0.6 is 27.7 Å². The van der Waals surface area contributed by atoms with Crippen molar-refractivity contribution in [1.82, 2.24) is 4.31 Å². The van der Waals surface area contributed by atoms with Crippen molar-refractivity contribution in [3.63, 3.8) is 0 Å². The van der Waals surface area contributed by atoms with Gasteiger partial charge in [0.25, 0.3) is 0 Å². The van der Waals surface area contributed by atoms with Crippen molar-refractivity contribution in [1.29, 1.82) is 0 Å². The Kier molecular flexibility index (Phi) is 9.67. The number of benzene rings is 4. The third-order valence-electron chi connectivity index (χ3n) is 5.62. The highest BCUT2D eigenvalue weighted by Gasteiger charge is 2.32. The first-order valence-electron chi connectivity index (χ1n) is 11.5. The van der Waals surface area contributed by atoms with Crippen LogP contribution in [0.5, 0.6) is 0 Å². The van der Waals surface area contributed by atoms with Gasteiger partial charge in [0.1, 0.15) is 5.84 Å². The molecule has 4 nitrogen and oxygen atoms in total. The van der Waals surface area contributed by atoms with Gasteiger partial charge in [-0.15, -0.1) is 16.1 Å². The zero-order valence-corrected chi connectivity index (χ0v) is 23.2. The molecular formula is C29H28BrN3OS2. The van der Waals surface area contributed by atoms with Gasteiger partial charge in [-0.3, -0.25) is 4.99 Å². The SMILES string of the molecule is C/N=C(\N)c1c(Br)ccc(SCc2ccccc2)c1[S+]([O-])N(Cc1ccccc1)Cc1ccccc1. The molecule has 0 fully saturated rings. The van der Waals surface area contributed by atoms with Crippen molar-refractivity contribution in [3.05, 3.63) is 130 Å². The first-order chi connectivity index (χ1) is 17.6. The second kappa shape index (κ2) is 13.1. The van der Waals surface area contributed by atoms with Crippen LogP contribution in [0.2, 0.25) is 0 Å². The van der Waals surface area contributed by atoms with E-state index in [2.05, 4.69) is 57.3 Å². The molecule has 0 aliphatic carbocycles. The molecular weight excluding hydrogens is 550 g/mol. The lowest BCUT2D eigenvalue weighted by molar-refractivity contribution is 0.399. The Labute approximate surface area is 229 Å². The van der Waals surface area contributed by atoms with E-state index in [9.17, 15) is 4.55 Å². The van der Waals surface area contributed by atoms with Crippen LogP contribution in [0.1, 0.15) is 22.3 Å². The van der Waals surface area contributed by atoms with Gasteiger partial charge in [-0.25, -0.2) is 0 Å². The molecule has 0 saturated heterocycles. The summed E-state index contributed by atoms with van der Waals surface area (Å²) in [6, 6.07) is 34.5. The van der Waals surface area contributed by atoms with E-state index < -0.39 is 11.4 Å². The molecule has 4 rings (SSSR count). The molecule has 0 bridgehead atoms. The van der Waals surface area contributed by atoms with Gasteiger partial charge in [-0.05, 0) is 44.8 Å². The highest BCUT2D eigenvalue weighted by atomic mass is 79.9. The monoisotopic (exact) mass is 577 g/mol. The molecule has 1 unspecified atom stereocenters. The molecule has 0 saturated carbocycles. The van der Waals surface area contributed by atoms with Gasteiger partial charge in [0.15, 0.2) is 4.90 Å². The molecule has 184 valence electrons. The normalized spacial score (nSPS) is 12.6. The first-order valence-corrected chi connectivity index (χ1v) is 14.4. The van der Waals surface area contributed by atoms with Crippen LogP contribution in [-0.4, -0.2) is 21.7 Å². The van der Waals surface area contributed by atoms with Crippen LogP contribution in [0.4, 0.5) is 0 Å². The molecule has 7 heteroatoms. The molecule has 4 aromatic rings. The van der Waals surface area contributed by atoms with E-state index in [1.54, 1.807) is 18.8 Å². The average molecular weight is 579 g/mol. The maximum Gasteiger partial charge on any atom is 0.199 e. The lowest BCUT2D eigenvalue weighted by atomic mass is 10.2. The molecule has 0 heterocycles. The Morgan fingerprint density at radius 2 is 1.33 bits per heavy atom. The summed E-state index contributed by atoms with van der Waals surface area (Å²) >= 11 is 3.79. The standard InChI is InChI=1S/C29H28BrN3OS2/c1-32-29(31)27-25(30)17-18-26(35-21-24-15-9-4-10-16-24)28(27)36(34)33(19-22-11-5-2-6-12-22)20-23-13-7-3-8-14-23/h2-18H,19-21H2,1H3,(H2,31,32). The maximum atomic E-state index is 14.5. The van der Waals surface area contributed by atoms with Crippen molar-refractivity contribution in [2.24, 2.45) is 10.7 Å². The number of hydrogen-bond acceptors (Lipinski definition) is 4. The van der Waals surface area contributed by atoms with Gasteiger partial charge in [-0.2, -0.15) is 0 Å². The summed E-state index contributed by atoms with van der Waals surface area (Å²) in [4.78, 5) is 5.86. The molecule has 0 aliphatic heterocycles. The summed E-state index contributed by atoms with van der Waals surface area (Å²) < 4.78 is 17.2. The zero-order chi connectivity index (χ0) is 25.3. The molecule has 0 aromatic heterocycles. The summed E-state index contributed by atoms with van der Waals surface area (Å²) in [7, 11) is 1.66. The number of aliphatic imine (C=N–C) groups is 1. The quantitative estimate of drug-likeness (QED) is 0.0973. The summed E-state index contributed by atoms with van der Waals surface area (Å²) in [6.07, 6.45) is 0. The smallest absolute Gasteiger partial charge is 0.199 e. The second-order valence-electron chi connectivity index (χ2n) is 8.15. The summed E-state index contributed by atoms with van der Waals surface area (Å²) in [5.74, 6) is 1.11. The average Bonchev–Trinajstić information content (AvgIpc) is 2.92. The molecule has 0 aliphatic rings. The van der Waals surface area contributed by atoms with Gasteiger partial charge in [-0.1, -0.05) is 91.0 Å². The number of rotatable bonds is 10. The van der Waals surface area contributed by atoms with Crippen LogP contribution in [-0.2, 0) is 30.2 Å². The third-order valence-corrected chi connectivity index (χ3v) is 9.04. The topological polar surface area (TPSA) is 64.7 Å². The largest absolute Gasteiger partial charge is 0.593 e. The number of nitrogens with two attached hydrogens (primary N) is 1. The predicted octanol–water partition coefficient (Wildman–Crippen LogP) is 6.80. The van der Waals surface area contributed by atoms with E-state index in [0.29, 0.717) is 29.4 Å². The molecule has 1 atom stereocenters. The Hall–Kier alpha value is -2.55. The van der Waals surface area contributed by atoms with Crippen LogP contribution in [0.25, 0.3) is 0 Å². The fourth-order valence-corrected chi connectivity index (χ4v) is 7.18. The second-order valence-corrected chi connectivity index (χ2v) is 11.4. The highest BCUT2D eigenvalue weighted by Crippen LogP contribution is 2.38. The van der Waals surface area contributed by atoms with Crippen molar-refractivity contribution < 1.29 is 4.55 Å². The number of nitrogens with zero attached hydrogens (tertiary/aromatic N) is 2. The molecule has 2 N–H and O–H groups in total. The summed E-state index contributed by atoms with van der Waals surface area (Å²) in [5, 5.41) is 0. The fourth-order valence-electron chi connectivity index (χ4n) is 3.79. The molecule has 36 heavy (non-hydrogen) atoms. The zero-order valence-electron chi connectivity index (χ0n) is 20.0. The van der Waals surface area contributed by atoms with Gasteiger partial charge < -0.3 is 10.3 Å². The van der Waals surface area contributed by atoms with Crippen molar-refractivity contribution in [3.8, 4) is 0 Å². The predicted molar refractivity (Wildman–Crippen MR) is 155 cm³/mol. The lowest BCUT2D eigenvalue weighted by Gasteiger charge is -2.27. The lowest BCUT2D eigenvalue weighted by Crippen LogP contribution is -2.33. The number of thioether (sulfide) groups is 1. The van der Waals surface area contributed by atoms with E-state index in [1.807, 2.05) is 71.0 Å². The minimum atomic E-state index is -1.51. The summed E-state index contributed by atoms with van der Waals surface area (Å²) in [6.45, 7) is 1.06. The minimum absolute atomic E-state index is 0.353. The summed E-state index contributed by atoms with van der Waals surface area (Å²) in [5.41, 5.74) is 10.4. The third kappa shape index (κ3) is 6.81. The minimum Gasteiger partial charge on any atom is -0.593 e. The van der Waals surface area contributed by atoms with Gasteiger partial charge in [0, 0.05) is 17.3 Å². The van der Waals surface area contributed by atoms with Crippen LogP contribution in [0.15, 0.2) is 122 Å². The van der Waals surface area contributed by atoms with Gasteiger partial charge >= 0.3 is 0 Å². The Balaban J connectivity index is 1.76.